The molecule has 0 N–H and O–H groups in total. The van der Waals surface area contributed by atoms with Crippen LogP contribution in [0.4, 0.5) is 11.5 Å². The van der Waals surface area contributed by atoms with E-state index in [0.717, 1.165) is 0 Å². The molecule has 2 aromatic rings. The van der Waals surface area contributed by atoms with Crippen LogP contribution in [0, 0.1) is 10.1 Å². The van der Waals surface area contributed by atoms with E-state index in [1.807, 2.05) is 40.1 Å². The fraction of sp³-hybridized carbons (Fsp3) is 0.250. The lowest BCUT2D eigenvalue weighted by Crippen LogP contribution is -2.49. The summed E-state index contributed by atoms with van der Waals surface area (Å²) in [6.07, 6.45) is 1.26. The van der Waals surface area contributed by atoms with Crippen LogP contribution in [0.5, 0.6) is 0 Å². The zero-order chi connectivity index (χ0) is 16.2. The molecule has 1 aliphatic rings. The Bertz CT molecular complexity index is 695. The summed E-state index contributed by atoms with van der Waals surface area (Å²) in [6, 6.07) is 12.3. The van der Waals surface area contributed by atoms with E-state index in [4.69, 9.17) is 0 Å². The molecular weight excluding hydrogens is 296 g/mol. The first-order valence-electron chi connectivity index (χ1n) is 7.35. The number of hydrogen-bond acceptors (Lipinski definition) is 5. The van der Waals surface area contributed by atoms with E-state index in [1.165, 1.54) is 12.3 Å². The van der Waals surface area contributed by atoms with Gasteiger partial charge in [0.05, 0.1) is 4.92 Å². The van der Waals surface area contributed by atoms with Crippen LogP contribution in [0.2, 0.25) is 0 Å². The molecule has 3 rings (SSSR count). The van der Waals surface area contributed by atoms with E-state index in [-0.39, 0.29) is 11.6 Å². The van der Waals surface area contributed by atoms with Gasteiger partial charge < -0.3 is 9.80 Å². The summed E-state index contributed by atoms with van der Waals surface area (Å²) in [6.45, 7) is 2.52. The number of rotatable bonds is 3. The minimum Gasteiger partial charge on any atom is -0.353 e. The van der Waals surface area contributed by atoms with Crippen LogP contribution in [0.3, 0.4) is 0 Å². The van der Waals surface area contributed by atoms with E-state index in [2.05, 4.69) is 4.98 Å². The highest BCUT2D eigenvalue weighted by Gasteiger charge is 2.23. The Kier molecular flexibility index (Phi) is 4.18. The molecule has 1 aromatic heterocycles. The number of hydrogen-bond donors (Lipinski definition) is 0. The Hall–Kier alpha value is -2.96. The van der Waals surface area contributed by atoms with Crippen molar-refractivity contribution in [3.05, 3.63) is 64.3 Å². The Labute approximate surface area is 133 Å². The lowest BCUT2D eigenvalue weighted by atomic mass is 10.2. The second kappa shape index (κ2) is 6.43. The number of carbonyl (C=O) groups excluding carboxylic acids is 1. The molecule has 0 spiro atoms. The van der Waals surface area contributed by atoms with Crippen molar-refractivity contribution in [2.45, 2.75) is 0 Å². The summed E-state index contributed by atoms with van der Waals surface area (Å²) in [5.74, 6) is 0.726. The highest BCUT2D eigenvalue weighted by atomic mass is 16.6. The summed E-state index contributed by atoms with van der Waals surface area (Å²) >= 11 is 0. The molecule has 2 heterocycles. The first kappa shape index (κ1) is 15.0. The van der Waals surface area contributed by atoms with Gasteiger partial charge in [-0.2, -0.15) is 0 Å². The maximum Gasteiger partial charge on any atom is 0.287 e. The van der Waals surface area contributed by atoms with E-state index >= 15 is 0 Å². The van der Waals surface area contributed by atoms with Crippen molar-refractivity contribution in [1.82, 2.24) is 9.88 Å². The van der Waals surface area contributed by atoms with Gasteiger partial charge in [0.25, 0.3) is 11.6 Å². The van der Waals surface area contributed by atoms with Gasteiger partial charge in [-0.15, -0.1) is 0 Å². The van der Waals surface area contributed by atoms with E-state index in [0.29, 0.717) is 37.6 Å². The predicted molar refractivity (Wildman–Crippen MR) is 85.4 cm³/mol. The van der Waals surface area contributed by atoms with Gasteiger partial charge in [-0.25, -0.2) is 4.98 Å². The zero-order valence-electron chi connectivity index (χ0n) is 12.5. The van der Waals surface area contributed by atoms with Crippen molar-refractivity contribution >= 4 is 17.4 Å². The fourth-order valence-electron chi connectivity index (χ4n) is 2.58. The molecule has 7 heteroatoms. The summed E-state index contributed by atoms with van der Waals surface area (Å²) in [4.78, 5) is 30.5. The van der Waals surface area contributed by atoms with E-state index in [9.17, 15) is 14.9 Å². The standard InChI is InChI=1S/C16H16N4O3/c21-16(13-4-2-1-3-5-13)19-10-8-18(9-11-19)15-7-6-14(12-17-15)20(22)23/h1-7,12H,8-11H2. The molecule has 1 aromatic carbocycles. The molecule has 0 aliphatic carbocycles. The monoisotopic (exact) mass is 312 g/mol. The third kappa shape index (κ3) is 3.28. The number of nitro groups is 1. The van der Waals surface area contributed by atoms with Crippen molar-refractivity contribution in [3.8, 4) is 0 Å². The number of piperazine rings is 1. The minimum atomic E-state index is -0.465. The molecule has 1 amide bonds. The second-order valence-corrected chi connectivity index (χ2v) is 5.28. The molecule has 0 atom stereocenters. The van der Waals surface area contributed by atoms with Gasteiger partial charge >= 0.3 is 0 Å². The Morgan fingerprint density at radius 2 is 1.74 bits per heavy atom. The number of benzene rings is 1. The number of anilines is 1. The second-order valence-electron chi connectivity index (χ2n) is 5.28. The Morgan fingerprint density at radius 1 is 1.04 bits per heavy atom. The van der Waals surface area contributed by atoms with Gasteiger partial charge in [0.1, 0.15) is 12.0 Å². The lowest BCUT2D eigenvalue weighted by molar-refractivity contribution is -0.385. The van der Waals surface area contributed by atoms with Crippen molar-refractivity contribution in [2.24, 2.45) is 0 Å². The van der Waals surface area contributed by atoms with Gasteiger partial charge in [0.2, 0.25) is 0 Å². The average molecular weight is 312 g/mol. The predicted octanol–water partition coefficient (Wildman–Crippen LogP) is 1.95. The largest absolute Gasteiger partial charge is 0.353 e. The molecule has 7 nitrogen and oxygen atoms in total. The Balaban J connectivity index is 1.62. The van der Waals surface area contributed by atoms with Crippen molar-refractivity contribution in [1.29, 1.82) is 0 Å². The fourth-order valence-corrected chi connectivity index (χ4v) is 2.58. The molecule has 0 radical (unpaired) electrons. The number of aromatic nitrogens is 1. The van der Waals surface area contributed by atoms with Crippen LogP contribution >= 0.6 is 0 Å². The molecule has 23 heavy (non-hydrogen) atoms. The van der Waals surface area contributed by atoms with Crippen molar-refractivity contribution in [2.75, 3.05) is 31.1 Å². The highest BCUT2D eigenvalue weighted by Crippen LogP contribution is 2.18. The maximum atomic E-state index is 12.4. The van der Waals surface area contributed by atoms with Crippen LogP contribution in [0.15, 0.2) is 48.7 Å². The van der Waals surface area contributed by atoms with Crippen LogP contribution in [-0.4, -0.2) is 46.9 Å². The third-order valence-corrected chi connectivity index (χ3v) is 3.85. The summed E-state index contributed by atoms with van der Waals surface area (Å²) < 4.78 is 0. The van der Waals surface area contributed by atoms with Gasteiger partial charge in [-0.05, 0) is 18.2 Å². The molecule has 1 saturated heterocycles. The first-order valence-corrected chi connectivity index (χ1v) is 7.35. The highest BCUT2D eigenvalue weighted by molar-refractivity contribution is 5.94. The first-order chi connectivity index (χ1) is 11.1. The van der Waals surface area contributed by atoms with Crippen molar-refractivity contribution < 1.29 is 9.72 Å². The quantitative estimate of drug-likeness (QED) is 0.639. The SMILES string of the molecule is O=C(c1ccccc1)N1CCN(c2ccc([N+](=O)[O-])cn2)CC1. The molecule has 118 valence electrons. The number of nitrogens with zero attached hydrogens (tertiary/aromatic N) is 4. The Morgan fingerprint density at radius 3 is 2.30 bits per heavy atom. The molecular formula is C16H16N4O3. The average Bonchev–Trinajstić information content (AvgIpc) is 2.62. The summed E-state index contributed by atoms with van der Waals surface area (Å²) in [5.41, 5.74) is 0.668. The van der Waals surface area contributed by atoms with Gasteiger partial charge in [0.15, 0.2) is 0 Å². The summed E-state index contributed by atoms with van der Waals surface area (Å²) in [7, 11) is 0. The minimum absolute atomic E-state index is 0.0216. The molecule has 0 bridgehead atoms. The number of pyridine rings is 1. The van der Waals surface area contributed by atoms with Crippen LogP contribution in [0.25, 0.3) is 0 Å². The van der Waals surface area contributed by atoms with E-state index < -0.39 is 4.92 Å². The van der Waals surface area contributed by atoms with Crippen LogP contribution < -0.4 is 4.90 Å². The number of amides is 1. The molecule has 0 saturated carbocycles. The van der Waals surface area contributed by atoms with Crippen LogP contribution in [0.1, 0.15) is 10.4 Å². The van der Waals surface area contributed by atoms with E-state index in [1.54, 1.807) is 6.07 Å². The van der Waals surface area contributed by atoms with Crippen LogP contribution in [-0.2, 0) is 0 Å². The zero-order valence-corrected chi connectivity index (χ0v) is 12.5. The molecule has 1 fully saturated rings. The topological polar surface area (TPSA) is 79.6 Å². The van der Waals surface area contributed by atoms with Gasteiger partial charge in [-0.1, -0.05) is 18.2 Å². The lowest BCUT2D eigenvalue weighted by Gasteiger charge is -2.35. The van der Waals surface area contributed by atoms with Gasteiger partial charge in [0, 0.05) is 37.8 Å². The molecule has 0 unspecified atom stereocenters. The maximum absolute atomic E-state index is 12.4. The summed E-state index contributed by atoms with van der Waals surface area (Å²) in [5, 5.41) is 10.6. The smallest absolute Gasteiger partial charge is 0.287 e. The van der Waals surface area contributed by atoms with Crippen molar-refractivity contribution in [3.63, 3.8) is 0 Å². The number of carbonyl (C=O) groups is 1. The third-order valence-electron chi connectivity index (χ3n) is 3.85. The molecule has 1 aliphatic heterocycles. The normalized spacial score (nSPS) is 14.6. The van der Waals surface area contributed by atoms with Gasteiger partial charge in [-0.3, -0.25) is 14.9 Å².